The molecule has 0 radical (unpaired) electrons. The first-order valence-corrected chi connectivity index (χ1v) is 9.41. The fourth-order valence-corrected chi connectivity index (χ4v) is 3.89. The highest BCUT2D eigenvalue weighted by Crippen LogP contribution is 2.20. The summed E-state index contributed by atoms with van der Waals surface area (Å²) in [5.41, 5.74) is 1.09. The second-order valence-corrected chi connectivity index (χ2v) is 8.04. The zero-order valence-electron chi connectivity index (χ0n) is 14.5. The normalized spacial score (nSPS) is 22.3. The number of anilines is 1. The lowest BCUT2D eigenvalue weighted by atomic mass is 10.2. The van der Waals surface area contributed by atoms with Crippen molar-refractivity contribution >= 4 is 21.6 Å². The number of sulfonamides is 1. The number of benzene rings is 1. The molecule has 0 spiro atoms. The van der Waals surface area contributed by atoms with Gasteiger partial charge in [-0.25, -0.2) is 13.1 Å². The van der Waals surface area contributed by atoms with Crippen LogP contribution in [0.15, 0.2) is 23.1 Å². The van der Waals surface area contributed by atoms with Gasteiger partial charge in [0.25, 0.3) is 0 Å². The third kappa shape index (κ3) is 4.76. The van der Waals surface area contributed by atoms with E-state index in [1.165, 1.54) is 13.1 Å². The zero-order chi connectivity index (χ0) is 17.9. The van der Waals surface area contributed by atoms with Crippen LogP contribution in [0.25, 0.3) is 0 Å². The second kappa shape index (κ2) is 7.60. The molecule has 2 N–H and O–H groups in total. The molecule has 1 heterocycles. The molecule has 0 aliphatic carbocycles. The van der Waals surface area contributed by atoms with Gasteiger partial charge in [0.1, 0.15) is 0 Å². The number of aryl methyl sites for hydroxylation is 1. The Hall–Kier alpha value is -1.48. The molecule has 0 aromatic heterocycles. The highest BCUT2D eigenvalue weighted by molar-refractivity contribution is 7.89. The summed E-state index contributed by atoms with van der Waals surface area (Å²) < 4.78 is 31.9. The van der Waals surface area contributed by atoms with Crippen molar-refractivity contribution in [3.05, 3.63) is 23.8 Å². The topological polar surface area (TPSA) is 87.7 Å². The molecule has 0 bridgehead atoms. The first kappa shape index (κ1) is 18.9. The van der Waals surface area contributed by atoms with Gasteiger partial charge in [-0.2, -0.15) is 0 Å². The molecule has 1 aromatic rings. The van der Waals surface area contributed by atoms with Crippen molar-refractivity contribution in [2.75, 3.05) is 32.0 Å². The van der Waals surface area contributed by atoms with E-state index in [1.807, 2.05) is 18.7 Å². The highest BCUT2D eigenvalue weighted by atomic mass is 32.2. The van der Waals surface area contributed by atoms with Crippen LogP contribution in [0, 0.1) is 6.92 Å². The van der Waals surface area contributed by atoms with Crippen LogP contribution in [0.3, 0.4) is 0 Å². The minimum Gasteiger partial charge on any atom is -0.373 e. The maximum Gasteiger partial charge on any atom is 0.240 e. The minimum atomic E-state index is -3.56. The SMILES string of the molecule is CNS(=O)(=O)c1cc(NC(=O)CN2C[C@H](C)O[C@@H](C)C2)ccc1C. The van der Waals surface area contributed by atoms with Crippen LogP contribution in [-0.4, -0.2) is 58.1 Å². The summed E-state index contributed by atoms with van der Waals surface area (Å²) in [6.07, 6.45) is 0.182. The Labute approximate surface area is 143 Å². The minimum absolute atomic E-state index is 0.0910. The first-order chi connectivity index (χ1) is 11.2. The summed E-state index contributed by atoms with van der Waals surface area (Å²) in [5, 5.41) is 2.77. The van der Waals surface area contributed by atoms with E-state index in [0.717, 1.165) is 0 Å². The molecule has 1 saturated heterocycles. The summed E-state index contributed by atoms with van der Waals surface area (Å²) >= 11 is 0. The number of morpholine rings is 1. The summed E-state index contributed by atoms with van der Waals surface area (Å²) in [6, 6.07) is 4.86. The van der Waals surface area contributed by atoms with Crippen molar-refractivity contribution in [3.8, 4) is 0 Å². The number of carbonyl (C=O) groups excluding carboxylic acids is 1. The molecular formula is C16H25N3O4S. The van der Waals surface area contributed by atoms with E-state index in [2.05, 4.69) is 10.0 Å². The number of carbonyl (C=O) groups is 1. The van der Waals surface area contributed by atoms with Crippen LogP contribution < -0.4 is 10.0 Å². The van der Waals surface area contributed by atoms with E-state index in [1.54, 1.807) is 19.1 Å². The number of nitrogens with zero attached hydrogens (tertiary/aromatic N) is 1. The Morgan fingerprint density at radius 3 is 2.50 bits per heavy atom. The maximum atomic E-state index is 12.3. The summed E-state index contributed by atoms with van der Waals surface area (Å²) in [6.45, 7) is 7.33. The molecule has 1 aliphatic heterocycles. The standard InChI is InChI=1S/C16H25N3O4S/c1-11-5-6-14(7-15(11)24(21,22)17-4)18-16(20)10-19-8-12(2)23-13(3)9-19/h5-7,12-13,17H,8-10H2,1-4H3,(H,18,20)/t12-,13-/m0/s1. The lowest BCUT2D eigenvalue weighted by molar-refractivity contribution is -0.121. The third-order valence-electron chi connectivity index (χ3n) is 3.89. The van der Waals surface area contributed by atoms with Crippen molar-refractivity contribution in [2.24, 2.45) is 0 Å². The predicted octanol–water partition coefficient (Wildman–Crippen LogP) is 0.951. The monoisotopic (exact) mass is 355 g/mol. The van der Waals surface area contributed by atoms with Gasteiger partial charge < -0.3 is 10.1 Å². The Kier molecular flexibility index (Phi) is 5.97. The number of nitrogens with one attached hydrogen (secondary N) is 2. The van der Waals surface area contributed by atoms with Crippen molar-refractivity contribution in [1.82, 2.24) is 9.62 Å². The van der Waals surface area contributed by atoms with Crippen LogP contribution in [0.5, 0.6) is 0 Å². The van der Waals surface area contributed by atoms with Gasteiger partial charge in [0, 0.05) is 18.8 Å². The van der Waals surface area contributed by atoms with Gasteiger partial charge in [-0.05, 0) is 45.5 Å². The number of hydrogen-bond acceptors (Lipinski definition) is 5. The average molecular weight is 355 g/mol. The van der Waals surface area contributed by atoms with E-state index < -0.39 is 10.0 Å². The smallest absolute Gasteiger partial charge is 0.240 e. The van der Waals surface area contributed by atoms with Gasteiger partial charge in [0.15, 0.2) is 0 Å². The van der Waals surface area contributed by atoms with Gasteiger partial charge in [-0.15, -0.1) is 0 Å². The molecule has 1 fully saturated rings. The Morgan fingerprint density at radius 2 is 1.92 bits per heavy atom. The van der Waals surface area contributed by atoms with E-state index in [0.29, 0.717) is 24.3 Å². The molecule has 2 atom stereocenters. The van der Waals surface area contributed by atoms with E-state index in [4.69, 9.17) is 4.74 Å². The number of rotatable bonds is 5. The molecule has 7 nitrogen and oxygen atoms in total. The van der Waals surface area contributed by atoms with Crippen molar-refractivity contribution < 1.29 is 17.9 Å². The Balaban J connectivity index is 2.05. The van der Waals surface area contributed by atoms with Crippen LogP contribution in [0.4, 0.5) is 5.69 Å². The summed E-state index contributed by atoms with van der Waals surface area (Å²) in [7, 11) is -2.20. The van der Waals surface area contributed by atoms with Gasteiger partial charge in [0.2, 0.25) is 15.9 Å². The van der Waals surface area contributed by atoms with Crippen molar-refractivity contribution in [2.45, 2.75) is 37.9 Å². The predicted molar refractivity (Wildman–Crippen MR) is 92.5 cm³/mol. The Morgan fingerprint density at radius 1 is 1.29 bits per heavy atom. The molecule has 1 aromatic carbocycles. The van der Waals surface area contributed by atoms with Crippen LogP contribution in [-0.2, 0) is 19.6 Å². The lowest BCUT2D eigenvalue weighted by Gasteiger charge is -2.34. The molecule has 134 valence electrons. The van der Waals surface area contributed by atoms with Crippen LogP contribution >= 0.6 is 0 Å². The molecule has 0 unspecified atom stereocenters. The molecule has 0 saturated carbocycles. The van der Waals surface area contributed by atoms with E-state index >= 15 is 0 Å². The number of ether oxygens (including phenoxy) is 1. The van der Waals surface area contributed by atoms with Crippen LogP contribution in [0.1, 0.15) is 19.4 Å². The maximum absolute atomic E-state index is 12.3. The van der Waals surface area contributed by atoms with Gasteiger partial charge in [-0.3, -0.25) is 9.69 Å². The quantitative estimate of drug-likeness (QED) is 0.821. The molecule has 2 rings (SSSR count). The zero-order valence-corrected chi connectivity index (χ0v) is 15.3. The first-order valence-electron chi connectivity index (χ1n) is 7.93. The molecule has 1 aliphatic rings. The van der Waals surface area contributed by atoms with Gasteiger partial charge in [-0.1, -0.05) is 6.07 Å². The van der Waals surface area contributed by atoms with Crippen molar-refractivity contribution in [3.63, 3.8) is 0 Å². The van der Waals surface area contributed by atoms with Gasteiger partial charge >= 0.3 is 0 Å². The highest BCUT2D eigenvalue weighted by Gasteiger charge is 2.24. The fourth-order valence-electron chi connectivity index (χ4n) is 2.89. The summed E-state index contributed by atoms with van der Waals surface area (Å²) in [5.74, 6) is -0.173. The van der Waals surface area contributed by atoms with E-state index in [-0.39, 0.29) is 29.6 Å². The summed E-state index contributed by atoms with van der Waals surface area (Å²) in [4.78, 5) is 14.4. The largest absolute Gasteiger partial charge is 0.373 e. The second-order valence-electron chi connectivity index (χ2n) is 6.19. The van der Waals surface area contributed by atoms with Gasteiger partial charge in [0.05, 0.1) is 23.6 Å². The van der Waals surface area contributed by atoms with Crippen molar-refractivity contribution in [1.29, 1.82) is 0 Å². The molecule has 1 amide bonds. The molecule has 8 heteroatoms. The average Bonchev–Trinajstić information content (AvgIpc) is 2.47. The van der Waals surface area contributed by atoms with E-state index in [9.17, 15) is 13.2 Å². The number of hydrogen-bond donors (Lipinski definition) is 2. The number of amides is 1. The lowest BCUT2D eigenvalue weighted by Crippen LogP contribution is -2.48. The fraction of sp³-hybridized carbons (Fsp3) is 0.562. The molecule has 24 heavy (non-hydrogen) atoms. The third-order valence-corrected chi connectivity index (χ3v) is 5.45. The molecular weight excluding hydrogens is 330 g/mol. The Bertz CT molecular complexity index is 695. The van der Waals surface area contributed by atoms with Crippen LogP contribution in [0.2, 0.25) is 0 Å².